The predicted molar refractivity (Wildman–Crippen MR) is 78.1 cm³/mol. The summed E-state index contributed by atoms with van der Waals surface area (Å²) in [6, 6.07) is 13.7. The standard InChI is InChI=1S/C15H15N3O2/c16-13-7-2-1-4-10(13)9-14(19)18-12-6-3-5-11(8-12)15(17)20/h1-8H,9,16H2,(H2,17,20)(H,18,19). The number of amides is 2. The highest BCUT2D eigenvalue weighted by molar-refractivity contribution is 5.97. The van der Waals surface area contributed by atoms with E-state index in [1.54, 1.807) is 30.3 Å². The fraction of sp³-hybridized carbons (Fsp3) is 0.0667. The minimum absolute atomic E-state index is 0.174. The molecule has 0 heterocycles. The first kappa shape index (κ1) is 13.6. The summed E-state index contributed by atoms with van der Waals surface area (Å²) in [5, 5.41) is 2.71. The van der Waals surface area contributed by atoms with Gasteiger partial charge in [0.15, 0.2) is 0 Å². The average molecular weight is 269 g/mol. The molecule has 2 rings (SSSR count). The number of hydrogen-bond acceptors (Lipinski definition) is 3. The fourth-order valence-corrected chi connectivity index (χ4v) is 1.82. The molecule has 0 atom stereocenters. The molecule has 0 saturated carbocycles. The van der Waals surface area contributed by atoms with E-state index in [0.29, 0.717) is 16.9 Å². The molecule has 0 aliphatic heterocycles. The van der Waals surface area contributed by atoms with E-state index in [-0.39, 0.29) is 12.3 Å². The first-order valence-electron chi connectivity index (χ1n) is 6.09. The van der Waals surface area contributed by atoms with Gasteiger partial charge in [-0.2, -0.15) is 0 Å². The number of benzene rings is 2. The van der Waals surface area contributed by atoms with Crippen molar-refractivity contribution in [1.82, 2.24) is 0 Å². The lowest BCUT2D eigenvalue weighted by Crippen LogP contribution is -2.16. The largest absolute Gasteiger partial charge is 0.398 e. The number of nitrogens with one attached hydrogen (secondary N) is 1. The van der Waals surface area contributed by atoms with Crippen molar-refractivity contribution >= 4 is 23.2 Å². The van der Waals surface area contributed by atoms with Crippen LogP contribution in [0, 0.1) is 0 Å². The number of primary amides is 1. The second-order valence-electron chi connectivity index (χ2n) is 4.37. The van der Waals surface area contributed by atoms with Crippen LogP contribution >= 0.6 is 0 Å². The molecular formula is C15H15N3O2. The van der Waals surface area contributed by atoms with Crippen molar-refractivity contribution < 1.29 is 9.59 Å². The number of nitrogens with two attached hydrogens (primary N) is 2. The smallest absolute Gasteiger partial charge is 0.248 e. The highest BCUT2D eigenvalue weighted by atomic mass is 16.2. The zero-order valence-corrected chi connectivity index (χ0v) is 10.8. The maximum atomic E-state index is 11.9. The maximum absolute atomic E-state index is 11.9. The molecule has 2 aromatic rings. The SMILES string of the molecule is NC(=O)c1cccc(NC(=O)Cc2ccccc2N)c1. The van der Waals surface area contributed by atoms with Gasteiger partial charge in [0.05, 0.1) is 6.42 Å². The first-order chi connectivity index (χ1) is 9.56. The normalized spacial score (nSPS) is 10.0. The molecule has 0 fully saturated rings. The number of hydrogen-bond donors (Lipinski definition) is 3. The molecule has 0 saturated heterocycles. The van der Waals surface area contributed by atoms with Crippen molar-refractivity contribution in [1.29, 1.82) is 0 Å². The third-order valence-electron chi connectivity index (χ3n) is 2.84. The Morgan fingerprint density at radius 2 is 1.80 bits per heavy atom. The highest BCUT2D eigenvalue weighted by Crippen LogP contribution is 2.14. The number of carbonyl (C=O) groups is 2. The molecule has 0 unspecified atom stereocenters. The summed E-state index contributed by atoms with van der Waals surface area (Å²) in [7, 11) is 0. The summed E-state index contributed by atoms with van der Waals surface area (Å²) in [4.78, 5) is 23.0. The minimum Gasteiger partial charge on any atom is -0.398 e. The van der Waals surface area contributed by atoms with Gasteiger partial charge in [-0.1, -0.05) is 24.3 Å². The van der Waals surface area contributed by atoms with Gasteiger partial charge in [0.25, 0.3) is 0 Å². The lowest BCUT2D eigenvalue weighted by atomic mass is 10.1. The van der Waals surface area contributed by atoms with Crippen LogP contribution in [0.4, 0.5) is 11.4 Å². The van der Waals surface area contributed by atoms with Gasteiger partial charge in [-0.3, -0.25) is 9.59 Å². The second-order valence-corrected chi connectivity index (χ2v) is 4.37. The monoisotopic (exact) mass is 269 g/mol. The van der Waals surface area contributed by atoms with E-state index in [4.69, 9.17) is 11.5 Å². The molecule has 0 bridgehead atoms. The summed E-state index contributed by atoms with van der Waals surface area (Å²) in [6.07, 6.45) is 0.174. The Hall–Kier alpha value is -2.82. The number of carbonyl (C=O) groups excluding carboxylic acids is 2. The number of para-hydroxylation sites is 1. The summed E-state index contributed by atoms with van der Waals surface area (Å²) in [6.45, 7) is 0. The van der Waals surface area contributed by atoms with Gasteiger partial charge < -0.3 is 16.8 Å². The van der Waals surface area contributed by atoms with Crippen molar-refractivity contribution in [2.75, 3.05) is 11.1 Å². The molecule has 2 aromatic carbocycles. The molecule has 5 nitrogen and oxygen atoms in total. The molecule has 5 N–H and O–H groups in total. The first-order valence-corrected chi connectivity index (χ1v) is 6.09. The zero-order chi connectivity index (χ0) is 14.5. The van der Waals surface area contributed by atoms with E-state index >= 15 is 0 Å². The van der Waals surface area contributed by atoms with Crippen LogP contribution in [0.1, 0.15) is 15.9 Å². The van der Waals surface area contributed by atoms with E-state index in [1.807, 2.05) is 12.1 Å². The van der Waals surface area contributed by atoms with Crippen LogP contribution < -0.4 is 16.8 Å². The van der Waals surface area contributed by atoms with Crippen molar-refractivity contribution in [2.45, 2.75) is 6.42 Å². The van der Waals surface area contributed by atoms with E-state index in [2.05, 4.69) is 5.32 Å². The zero-order valence-electron chi connectivity index (χ0n) is 10.8. The lowest BCUT2D eigenvalue weighted by Gasteiger charge is -2.08. The van der Waals surface area contributed by atoms with Gasteiger partial charge in [-0.15, -0.1) is 0 Å². The van der Waals surface area contributed by atoms with E-state index < -0.39 is 5.91 Å². The molecule has 0 radical (unpaired) electrons. The molecular weight excluding hydrogens is 254 g/mol. The third-order valence-corrected chi connectivity index (χ3v) is 2.84. The van der Waals surface area contributed by atoms with E-state index in [1.165, 1.54) is 6.07 Å². The van der Waals surface area contributed by atoms with Crippen LogP contribution in [0.2, 0.25) is 0 Å². The Balaban J connectivity index is 2.07. The summed E-state index contributed by atoms with van der Waals surface area (Å²) >= 11 is 0. The summed E-state index contributed by atoms with van der Waals surface area (Å²) < 4.78 is 0. The van der Waals surface area contributed by atoms with Crippen LogP contribution in [0.25, 0.3) is 0 Å². The third kappa shape index (κ3) is 3.35. The average Bonchev–Trinajstić information content (AvgIpc) is 2.41. The molecule has 102 valence electrons. The maximum Gasteiger partial charge on any atom is 0.248 e. The Morgan fingerprint density at radius 1 is 1.05 bits per heavy atom. The van der Waals surface area contributed by atoms with Crippen molar-refractivity contribution in [3.05, 3.63) is 59.7 Å². The quantitative estimate of drug-likeness (QED) is 0.734. The van der Waals surface area contributed by atoms with Gasteiger partial charge in [0, 0.05) is 16.9 Å². The van der Waals surface area contributed by atoms with Gasteiger partial charge in [0.2, 0.25) is 11.8 Å². The topological polar surface area (TPSA) is 98.2 Å². The summed E-state index contributed by atoms with van der Waals surface area (Å²) in [5.41, 5.74) is 13.2. The minimum atomic E-state index is -0.534. The number of anilines is 2. The molecule has 0 spiro atoms. The van der Waals surface area contributed by atoms with Crippen LogP contribution in [-0.2, 0) is 11.2 Å². The molecule has 5 heteroatoms. The highest BCUT2D eigenvalue weighted by Gasteiger charge is 2.07. The molecule has 0 aromatic heterocycles. The van der Waals surface area contributed by atoms with E-state index in [0.717, 1.165) is 5.56 Å². The van der Waals surface area contributed by atoms with Gasteiger partial charge >= 0.3 is 0 Å². The fourth-order valence-electron chi connectivity index (χ4n) is 1.82. The van der Waals surface area contributed by atoms with Gasteiger partial charge in [-0.25, -0.2) is 0 Å². The van der Waals surface area contributed by atoms with Gasteiger partial charge in [0.1, 0.15) is 0 Å². The van der Waals surface area contributed by atoms with Crippen LogP contribution in [-0.4, -0.2) is 11.8 Å². The molecule has 0 aliphatic rings. The Bertz CT molecular complexity index is 653. The molecule has 0 aliphatic carbocycles. The lowest BCUT2D eigenvalue weighted by molar-refractivity contribution is -0.115. The Kier molecular flexibility index (Phi) is 4.00. The number of nitrogen functional groups attached to an aromatic ring is 1. The van der Waals surface area contributed by atoms with Crippen LogP contribution in [0.15, 0.2) is 48.5 Å². The number of rotatable bonds is 4. The Labute approximate surface area is 116 Å². The second kappa shape index (κ2) is 5.88. The van der Waals surface area contributed by atoms with Crippen molar-refractivity contribution in [3.8, 4) is 0 Å². The summed E-state index contributed by atoms with van der Waals surface area (Å²) in [5.74, 6) is -0.738. The van der Waals surface area contributed by atoms with Crippen LogP contribution in [0.3, 0.4) is 0 Å². The van der Waals surface area contributed by atoms with Gasteiger partial charge in [-0.05, 0) is 29.8 Å². The van der Waals surface area contributed by atoms with Crippen LogP contribution in [0.5, 0.6) is 0 Å². The molecule has 2 amide bonds. The van der Waals surface area contributed by atoms with Crippen molar-refractivity contribution in [3.63, 3.8) is 0 Å². The van der Waals surface area contributed by atoms with Crippen molar-refractivity contribution in [2.24, 2.45) is 5.73 Å². The Morgan fingerprint density at radius 3 is 2.50 bits per heavy atom. The predicted octanol–water partition coefficient (Wildman–Crippen LogP) is 1.55. The molecule has 20 heavy (non-hydrogen) atoms. The van der Waals surface area contributed by atoms with E-state index in [9.17, 15) is 9.59 Å².